The summed E-state index contributed by atoms with van der Waals surface area (Å²) in [6, 6.07) is 17.5. The van der Waals surface area contributed by atoms with Crippen molar-refractivity contribution < 1.29 is 23.8 Å². The molecule has 5 nitrogen and oxygen atoms in total. The summed E-state index contributed by atoms with van der Waals surface area (Å²) in [6.45, 7) is 4.73. The molecule has 1 fully saturated rings. The van der Waals surface area contributed by atoms with E-state index in [1.54, 1.807) is 49.4 Å². The average Bonchev–Trinajstić information content (AvgIpc) is 3.54. The zero-order valence-electron chi connectivity index (χ0n) is 19.5. The maximum atomic E-state index is 15.3. The molecule has 0 aliphatic heterocycles. The SMILES string of the molecule is C[C@H](N)c1cccc(-c2cc(COc3ccccc3CC(=O)O)cc(OCC3(C)CC3)c2)c1F. The van der Waals surface area contributed by atoms with E-state index < -0.39 is 12.0 Å². The maximum absolute atomic E-state index is 15.3. The van der Waals surface area contributed by atoms with Crippen molar-refractivity contribution in [2.24, 2.45) is 11.1 Å². The standard InChI is InChI=1S/C28H30FNO4/c1-18(30)23-7-5-8-24(27(23)29)21-12-19(13-22(14-21)34-17-28(2)10-11-28)16-33-25-9-4-3-6-20(25)15-26(31)32/h3-9,12-14,18H,10-11,15-17,30H2,1-2H3,(H,31,32)/t18-/m0/s1. The van der Waals surface area contributed by atoms with E-state index in [1.807, 2.05) is 18.2 Å². The number of aliphatic carboxylic acids is 1. The number of hydrogen-bond acceptors (Lipinski definition) is 4. The van der Waals surface area contributed by atoms with E-state index in [1.165, 1.54) is 0 Å². The monoisotopic (exact) mass is 463 g/mol. The highest BCUT2D eigenvalue weighted by Gasteiger charge is 2.38. The van der Waals surface area contributed by atoms with E-state index in [0.29, 0.717) is 40.4 Å². The van der Waals surface area contributed by atoms with Gasteiger partial charge in [0, 0.05) is 28.1 Å². The van der Waals surface area contributed by atoms with Gasteiger partial charge in [-0.05, 0) is 55.2 Å². The summed E-state index contributed by atoms with van der Waals surface area (Å²) in [5.41, 5.74) is 9.13. The summed E-state index contributed by atoms with van der Waals surface area (Å²) in [4.78, 5) is 11.2. The Hall–Kier alpha value is -3.38. The van der Waals surface area contributed by atoms with Crippen LogP contribution in [-0.2, 0) is 17.8 Å². The van der Waals surface area contributed by atoms with E-state index in [0.717, 1.165) is 18.4 Å². The Morgan fingerprint density at radius 3 is 2.59 bits per heavy atom. The van der Waals surface area contributed by atoms with Crippen molar-refractivity contribution in [3.05, 3.63) is 83.2 Å². The molecule has 1 saturated carbocycles. The van der Waals surface area contributed by atoms with Gasteiger partial charge in [-0.1, -0.05) is 43.3 Å². The molecular weight excluding hydrogens is 433 g/mol. The van der Waals surface area contributed by atoms with Crippen LogP contribution in [0.25, 0.3) is 11.1 Å². The van der Waals surface area contributed by atoms with Crippen molar-refractivity contribution in [1.82, 2.24) is 0 Å². The van der Waals surface area contributed by atoms with Crippen LogP contribution < -0.4 is 15.2 Å². The first-order valence-electron chi connectivity index (χ1n) is 11.5. The molecule has 1 aliphatic carbocycles. The zero-order valence-corrected chi connectivity index (χ0v) is 19.5. The first kappa shape index (κ1) is 23.8. The summed E-state index contributed by atoms with van der Waals surface area (Å²) < 4.78 is 27.4. The van der Waals surface area contributed by atoms with Crippen LogP contribution in [0.5, 0.6) is 11.5 Å². The first-order valence-corrected chi connectivity index (χ1v) is 11.5. The number of rotatable bonds is 10. The third-order valence-corrected chi connectivity index (χ3v) is 6.20. The topological polar surface area (TPSA) is 81.8 Å². The number of nitrogens with two attached hydrogens (primary N) is 1. The molecule has 0 radical (unpaired) electrons. The number of carbonyl (C=O) groups is 1. The van der Waals surface area contributed by atoms with Crippen LogP contribution >= 0.6 is 0 Å². The maximum Gasteiger partial charge on any atom is 0.307 e. The number of para-hydroxylation sites is 1. The van der Waals surface area contributed by atoms with Gasteiger partial charge in [0.15, 0.2) is 0 Å². The van der Waals surface area contributed by atoms with Gasteiger partial charge in [-0.25, -0.2) is 4.39 Å². The van der Waals surface area contributed by atoms with Crippen molar-refractivity contribution in [3.8, 4) is 22.6 Å². The number of ether oxygens (including phenoxy) is 2. The van der Waals surface area contributed by atoms with Crippen LogP contribution in [0.4, 0.5) is 4.39 Å². The van der Waals surface area contributed by atoms with Crippen LogP contribution in [0.2, 0.25) is 0 Å². The van der Waals surface area contributed by atoms with Gasteiger partial charge in [-0.3, -0.25) is 4.79 Å². The minimum absolute atomic E-state index is 0.127. The predicted molar refractivity (Wildman–Crippen MR) is 129 cm³/mol. The lowest BCUT2D eigenvalue weighted by atomic mass is 9.97. The number of carboxylic acid groups (broad SMARTS) is 1. The molecule has 0 saturated heterocycles. The normalized spacial score (nSPS) is 14.9. The molecule has 0 aromatic heterocycles. The lowest BCUT2D eigenvalue weighted by molar-refractivity contribution is -0.136. The fourth-order valence-corrected chi connectivity index (χ4v) is 3.84. The van der Waals surface area contributed by atoms with Crippen LogP contribution in [0.15, 0.2) is 60.7 Å². The number of benzene rings is 3. The van der Waals surface area contributed by atoms with Gasteiger partial charge >= 0.3 is 5.97 Å². The molecule has 1 atom stereocenters. The fourth-order valence-electron chi connectivity index (χ4n) is 3.84. The molecule has 4 rings (SSSR count). The molecule has 6 heteroatoms. The van der Waals surface area contributed by atoms with Crippen LogP contribution in [0.3, 0.4) is 0 Å². The highest BCUT2D eigenvalue weighted by atomic mass is 19.1. The fraction of sp³-hybridized carbons (Fsp3) is 0.321. The molecule has 0 heterocycles. The second-order valence-electron chi connectivity index (χ2n) is 9.43. The van der Waals surface area contributed by atoms with Crippen molar-refractivity contribution in [2.45, 2.75) is 45.8 Å². The van der Waals surface area contributed by atoms with Crippen LogP contribution in [-0.4, -0.2) is 17.7 Å². The summed E-state index contributed by atoms with van der Waals surface area (Å²) in [5.74, 6) is -0.115. The van der Waals surface area contributed by atoms with E-state index in [-0.39, 0.29) is 24.3 Å². The highest BCUT2D eigenvalue weighted by Crippen LogP contribution is 2.45. The Bertz CT molecular complexity index is 1190. The van der Waals surface area contributed by atoms with Gasteiger partial charge in [-0.2, -0.15) is 0 Å². The Morgan fingerprint density at radius 1 is 1.12 bits per heavy atom. The van der Waals surface area contributed by atoms with Crippen molar-refractivity contribution >= 4 is 5.97 Å². The first-order chi connectivity index (χ1) is 16.2. The average molecular weight is 464 g/mol. The van der Waals surface area contributed by atoms with Gasteiger partial charge < -0.3 is 20.3 Å². The minimum atomic E-state index is -0.924. The summed E-state index contributed by atoms with van der Waals surface area (Å²) in [5, 5.41) is 9.18. The number of hydrogen-bond donors (Lipinski definition) is 2. The molecule has 34 heavy (non-hydrogen) atoms. The molecule has 178 valence electrons. The molecule has 3 aromatic carbocycles. The van der Waals surface area contributed by atoms with E-state index in [9.17, 15) is 9.90 Å². The van der Waals surface area contributed by atoms with E-state index in [4.69, 9.17) is 15.2 Å². The highest BCUT2D eigenvalue weighted by molar-refractivity contribution is 5.71. The van der Waals surface area contributed by atoms with Crippen molar-refractivity contribution in [2.75, 3.05) is 6.61 Å². The Kier molecular flexibility index (Phi) is 6.89. The van der Waals surface area contributed by atoms with Gasteiger partial charge in [-0.15, -0.1) is 0 Å². The molecular formula is C28H30FNO4. The summed E-state index contributed by atoms with van der Waals surface area (Å²) in [6.07, 6.45) is 2.14. The molecule has 0 bridgehead atoms. The molecule has 0 spiro atoms. The molecule has 0 unspecified atom stereocenters. The molecule has 0 amide bonds. The van der Waals surface area contributed by atoms with Crippen molar-refractivity contribution in [1.29, 1.82) is 0 Å². The Labute approximate surface area is 199 Å². The Morgan fingerprint density at radius 2 is 1.88 bits per heavy atom. The van der Waals surface area contributed by atoms with Crippen molar-refractivity contribution in [3.63, 3.8) is 0 Å². The second kappa shape index (κ2) is 9.85. The lowest BCUT2D eigenvalue weighted by Crippen LogP contribution is -2.10. The van der Waals surface area contributed by atoms with Crippen LogP contribution in [0, 0.1) is 11.2 Å². The van der Waals surface area contributed by atoms with Gasteiger partial charge in [0.1, 0.15) is 23.9 Å². The Balaban J connectivity index is 1.65. The minimum Gasteiger partial charge on any atom is -0.493 e. The van der Waals surface area contributed by atoms with Gasteiger partial charge in [0.25, 0.3) is 0 Å². The zero-order chi connectivity index (χ0) is 24.3. The smallest absolute Gasteiger partial charge is 0.307 e. The van der Waals surface area contributed by atoms with Gasteiger partial charge in [0.05, 0.1) is 13.0 Å². The van der Waals surface area contributed by atoms with Gasteiger partial charge in [0.2, 0.25) is 0 Å². The molecule has 1 aliphatic rings. The van der Waals surface area contributed by atoms with Crippen LogP contribution in [0.1, 0.15) is 49.4 Å². The molecule has 3 aromatic rings. The largest absolute Gasteiger partial charge is 0.493 e. The lowest BCUT2D eigenvalue weighted by Gasteiger charge is -2.17. The number of carboxylic acids is 1. The summed E-state index contributed by atoms with van der Waals surface area (Å²) in [7, 11) is 0. The number of halogens is 1. The molecule has 3 N–H and O–H groups in total. The third-order valence-electron chi connectivity index (χ3n) is 6.20. The second-order valence-corrected chi connectivity index (χ2v) is 9.43. The predicted octanol–water partition coefficient (Wildman–Crippen LogP) is 5.90. The quantitative estimate of drug-likeness (QED) is 0.391. The van der Waals surface area contributed by atoms with E-state index >= 15 is 4.39 Å². The van der Waals surface area contributed by atoms with E-state index in [2.05, 4.69) is 6.92 Å². The summed E-state index contributed by atoms with van der Waals surface area (Å²) >= 11 is 0. The third kappa shape index (κ3) is 5.75.